The van der Waals surface area contributed by atoms with Gasteiger partial charge >= 0.3 is 0 Å². The predicted molar refractivity (Wildman–Crippen MR) is 111 cm³/mol. The van der Waals surface area contributed by atoms with Crippen molar-refractivity contribution >= 4 is 28.2 Å². The van der Waals surface area contributed by atoms with Crippen molar-refractivity contribution in [2.24, 2.45) is 12.0 Å². The van der Waals surface area contributed by atoms with Crippen molar-refractivity contribution < 1.29 is 13.6 Å². The van der Waals surface area contributed by atoms with Gasteiger partial charge in [0.2, 0.25) is 0 Å². The summed E-state index contributed by atoms with van der Waals surface area (Å²) in [6, 6.07) is 16.2. The minimum atomic E-state index is -0.936. The quantitative estimate of drug-likeness (QED) is 0.550. The highest BCUT2D eigenvalue weighted by atomic mass is 19.1. The monoisotopic (exact) mass is 402 g/mol. The Hall–Kier alpha value is -3.87. The number of benzene rings is 3. The average molecular weight is 402 g/mol. The second-order valence-electron chi connectivity index (χ2n) is 7.11. The maximum Gasteiger partial charge on any atom is 0.261 e. The SMILES string of the molecule is Cn1ncc2c(F)c(C(=O)Nc3ccc4c(c3)C(c3ccccc3)=NC4)c(F)cc21. The summed E-state index contributed by atoms with van der Waals surface area (Å²) in [5, 5.41) is 6.63. The van der Waals surface area contributed by atoms with Gasteiger partial charge in [0, 0.05) is 29.9 Å². The summed E-state index contributed by atoms with van der Waals surface area (Å²) in [7, 11) is 1.58. The summed E-state index contributed by atoms with van der Waals surface area (Å²) in [5.41, 5.74) is 3.81. The van der Waals surface area contributed by atoms with E-state index in [4.69, 9.17) is 0 Å². The van der Waals surface area contributed by atoms with E-state index in [1.54, 1.807) is 19.2 Å². The molecule has 2 heterocycles. The molecule has 30 heavy (non-hydrogen) atoms. The van der Waals surface area contributed by atoms with Crippen LogP contribution in [0.15, 0.2) is 65.8 Å². The highest BCUT2D eigenvalue weighted by Gasteiger charge is 2.23. The van der Waals surface area contributed by atoms with Gasteiger partial charge in [-0.25, -0.2) is 8.78 Å². The number of aliphatic imine (C=N–C) groups is 1. The molecule has 0 aliphatic carbocycles. The lowest BCUT2D eigenvalue weighted by Gasteiger charge is -2.11. The molecule has 0 atom stereocenters. The fourth-order valence-corrected chi connectivity index (χ4v) is 3.73. The Morgan fingerprint density at radius 2 is 1.90 bits per heavy atom. The Kier molecular flexibility index (Phi) is 4.17. The molecule has 148 valence electrons. The molecule has 1 aliphatic rings. The van der Waals surface area contributed by atoms with Gasteiger partial charge in [0.1, 0.15) is 17.2 Å². The molecule has 0 bridgehead atoms. The van der Waals surface area contributed by atoms with Gasteiger partial charge in [-0.3, -0.25) is 14.5 Å². The smallest absolute Gasteiger partial charge is 0.261 e. The zero-order valence-corrected chi connectivity index (χ0v) is 16.0. The van der Waals surface area contributed by atoms with Crippen molar-refractivity contribution in [3.05, 3.63) is 94.7 Å². The predicted octanol–water partition coefficient (Wildman–Crippen LogP) is 4.45. The van der Waals surface area contributed by atoms with Gasteiger partial charge in [-0.1, -0.05) is 36.4 Å². The van der Waals surface area contributed by atoms with Gasteiger partial charge in [-0.05, 0) is 17.7 Å². The van der Waals surface area contributed by atoms with Gasteiger partial charge in [-0.15, -0.1) is 0 Å². The third-order valence-corrected chi connectivity index (χ3v) is 5.25. The number of aromatic nitrogens is 2. The van der Waals surface area contributed by atoms with Crippen molar-refractivity contribution in [1.82, 2.24) is 9.78 Å². The van der Waals surface area contributed by atoms with Crippen LogP contribution < -0.4 is 5.32 Å². The maximum absolute atomic E-state index is 14.8. The van der Waals surface area contributed by atoms with Crippen LogP contribution in [0.3, 0.4) is 0 Å². The van der Waals surface area contributed by atoms with E-state index < -0.39 is 23.1 Å². The number of anilines is 1. The summed E-state index contributed by atoms with van der Waals surface area (Å²) in [6.45, 7) is 0.550. The van der Waals surface area contributed by atoms with E-state index in [2.05, 4.69) is 15.4 Å². The molecule has 3 aromatic carbocycles. The lowest BCUT2D eigenvalue weighted by atomic mass is 9.99. The maximum atomic E-state index is 14.8. The lowest BCUT2D eigenvalue weighted by molar-refractivity contribution is 0.101. The second-order valence-corrected chi connectivity index (χ2v) is 7.11. The van der Waals surface area contributed by atoms with E-state index in [0.29, 0.717) is 12.2 Å². The van der Waals surface area contributed by atoms with E-state index in [-0.39, 0.29) is 10.9 Å². The summed E-state index contributed by atoms with van der Waals surface area (Å²) in [6.07, 6.45) is 1.28. The summed E-state index contributed by atoms with van der Waals surface area (Å²) < 4.78 is 30.7. The van der Waals surface area contributed by atoms with Crippen LogP contribution in [0.2, 0.25) is 0 Å². The molecule has 0 saturated heterocycles. The van der Waals surface area contributed by atoms with Crippen LogP contribution in [-0.4, -0.2) is 21.4 Å². The molecule has 4 aromatic rings. The third kappa shape index (κ3) is 2.86. The number of carbonyl (C=O) groups excluding carboxylic acids is 1. The minimum absolute atomic E-state index is 0.0940. The molecule has 0 radical (unpaired) electrons. The van der Waals surface area contributed by atoms with Gasteiger partial charge in [-0.2, -0.15) is 5.10 Å². The number of aryl methyl sites for hydroxylation is 1. The van der Waals surface area contributed by atoms with Crippen LogP contribution in [0.5, 0.6) is 0 Å². The zero-order valence-electron chi connectivity index (χ0n) is 16.0. The second kappa shape index (κ2) is 6.88. The van der Waals surface area contributed by atoms with Crippen molar-refractivity contribution in [3.63, 3.8) is 0 Å². The average Bonchev–Trinajstić information content (AvgIpc) is 3.32. The molecule has 1 aliphatic heterocycles. The van der Waals surface area contributed by atoms with Crippen molar-refractivity contribution in [3.8, 4) is 0 Å². The fourth-order valence-electron chi connectivity index (χ4n) is 3.73. The van der Waals surface area contributed by atoms with Crippen LogP contribution in [0.25, 0.3) is 10.9 Å². The number of nitrogens with zero attached hydrogens (tertiary/aromatic N) is 3. The number of nitrogens with one attached hydrogen (secondary N) is 1. The van der Waals surface area contributed by atoms with Crippen LogP contribution >= 0.6 is 0 Å². The molecule has 0 saturated carbocycles. The Labute approximate surface area is 170 Å². The Bertz CT molecular complexity index is 1340. The van der Waals surface area contributed by atoms with Crippen molar-refractivity contribution in [2.45, 2.75) is 6.54 Å². The third-order valence-electron chi connectivity index (χ3n) is 5.25. The molecule has 7 heteroatoms. The van der Waals surface area contributed by atoms with Gasteiger partial charge in [0.05, 0.1) is 29.4 Å². The van der Waals surface area contributed by atoms with Gasteiger partial charge in [0.15, 0.2) is 0 Å². The van der Waals surface area contributed by atoms with Crippen LogP contribution in [0.1, 0.15) is 27.0 Å². The first-order valence-electron chi connectivity index (χ1n) is 9.37. The molecule has 0 unspecified atom stereocenters. The Morgan fingerprint density at radius 3 is 2.70 bits per heavy atom. The number of carbonyl (C=O) groups is 1. The topological polar surface area (TPSA) is 59.3 Å². The van der Waals surface area contributed by atoms with E-state index in [1.165, 1.54) is 10.9 Å². The van der Waals surface area contributed by atoms with E-state index >= 15 is 0 Å². The number of hydrogen-bond donors (Lipinski definition) is 1. The summed E-state index contributed by atoms with van der Waals surface area (Å²) >= 11 is 0. The van der Waals surface area contributed by atoms with Crippen LogP contribution in [-0.2, 0) is 13.6 Å². The molecule has 1 N–H and O–H groups in total. The van der Waals surface area contributed by atoms with Crippen LogP contribution in [0.4, 0.5) is 14.5 Å². The molecule has 0 spiro atoms. The van der Waals surface area contributed by atoms with Gasteiger partial charge < -0.3 is 5.32 Å². The number of halogens is 2. The Balaban J connectivity index is 1.49. The summed E-state index contributed by atoms with van der Waals surface area (Å²) in [5.74, 6) is -2.72. The van der Waals surface area contributed by atoms with E-state index in [0.717, 1.165) is 28.5 Å². The van der Waals surface area contributed by atoms with Gasteiger partial charge in [0.25, 0.3) is 5.91 Å². The van der Waals surface area contributed by atoms with Crippen LogP contribution in [0, 0.1) is 11.6 Å². The Morgan fingerprint density at radius 1 is 1.10 bits per heavy atom. The van der Waals surface area contributed by atoms with E-state index in [9.17, 15) is 13.6 Å². The standard InChI is InChI=1S/C23H16F2N4O/c1-29-19-10-18(24)20(21(25)17(19)12-27-29)23(30)28-15-8-7-14-11-26-22(16(14)9-15)13-5-3-2-4-6-13/h2-10,12H,11H2,1H3,(H,28,30). The number of rotatable bonds is 3. The molecule has 5 rings (SSSR count). The minimum Gasteiger partial charge on any atom is -0.322 e. The number of hydrogen-bond acceptors (Lipinski definition) is 3. The molecule has 5 nitrogen and oxygen atoms in total. The first kappa shape index (κ1) is 18.2. The first-order valence-corrected chi connectivity index (χ1v) is 9.37. The van der Waals surface area contributed by atoms with Crippen molar-refractivity contribution in [2.75, 3.05) is 5.32 Å². The number of fused-ring (bicyclic) bond motifs is 2. The highest BCUT2D eigenvalue weighted by Crippen LogP contribution is 2.28. The molecular formula is C23H16F2N4O. The normalized spacial score (nSPS) is 12.7. The summed E-state index contributed by atoms with van der Waals surface area (Å²) in [4.78, 5) is 17.3. The van der Waals surface area contributed by atoms with E-state index in [1.807, 2.05) is 36.4 Å². The highest BCUT2D eigenvalue weighted by molar-refractivity contribution is 6.16. The number of amides is 1. The lowest BCUT2D eigenvalue weighted by Crippen LogP contribution is -2.16. The molecular weight excluding hydrogens is 386 g/mol. The first-order chi connectivity index (χ1) is 14.5. The zero-order chi connectivity index (χ0) is 20.8. The molecule has 1 aromatic heterocycles. The molecule has 1 amide bonds. The largest absolute Gasteiger partial charge is 0.322 e. The van der Waals surface area contributed by atoms with Crippen molar-refractivity contribution in [1.29, 1.82) is 0 Å². The fraction of sp³-hybridized carbons (Fsp3) is 0.0870. The molecule has 0 fully saturated rings.